The third-order valence-corrected chi connectivity index (χ3v) is 3.31. The van der Waals surface area contributed by atoms with Gasteiger partial charge in [-0.05, 0) is 36.5 Å². The summed E-state index contributed by atoms with van der Waals surface area (Å²) in [6, 6.07) is 4.11. The van der Waals surface area contributed by atoms with E-state index < -0.39 is 0 Å². The zero-order valence-electron chi connectivity index (χ0n) is 9.91. The molecule has 0 radical (unpaired) electrons. The quantitative estimate of drug-likeness (QED) is 0.452. The van der Waals surface area contributed by atoms with E-state index in [4.69, 9.17) is 12.2 Å². The number of phenolic OH excluding ortho intramolecular Hbond substituents is 2. The number of amides is 1. The average Bonchev–Trinajstić information content (AvgIpc) is 2.51. The summed E-state index contributed by atoms with van der Waals surface area (Å²) in [4.78, 5) is 14.8. The number of phenols is 2. The molecule has 0 atom stereocenters. The molecule has 0 saturated carbocycles. The molecule has 0 bridgehead atoms. The molecule has 0 aromatic heterocycles. The van der Waals surface area contributed by atoms with Crippen LogP contribution in [0.25, 0.3) is 6.08 Å². The monoisotopic (exact) mass is 264 g/mol. The summed E-state index contributed by atoms with van der Waals surface area (Å²) in [6.45, 7) is 0. The SMILES string of the molecule is CN1C(=O)/C(=C/c2cc(O)ccc2O)N(C)C1=S. The zero-order chi connectivity index (χ0) is 13.4. The molecule has 2 rings (SSSR count). The minimum absolute atomic E-state index is 0.0121. The summed E-state index contributed by atoms with van der Waals surface area (Å²) in [5.74, 6) is -0.240. The van der Waals surface area contributed by atoms with Crippen molar-refractivity contribution in [1.82, 2.24) is 9.80 Å². The zero-order valence-corrected chi connectivity index (χ0v) is 10.7. The van der Waals surface area contributed by atoms with Gasteiger partial charge in [0.25, 0.3) is 5.91 Å². The second kappa shape index (κ2) is 4.30. The number of hydrogen-bond acceptors (Lipinski definition) is 4. The van der Waals surface area contributed by atoms with E-state index in [0.717, 1.165) is 0 Å². The highest BCUT2D eigenvalue weighted by molar-refractivity contribution is 7.80. The smallest absolute Gasteiger partial charge is 0.276 e. The first-order valence-electron chi connectivity index (χ1n) is 5.21. The van der Waals surface area contributed by atoms with Crippen LogP contribution < -0.4 is 0 Å². The van der Waals surface area contributed by atoms with Crippen molar-refractivity contribution >= 4 is 29.3 Å². The van der Waals surface area contributed by atoms with E-state index >= 15 is 0 Å². The van der Waals surface area contributed by atoms with Crippen LogP contribution in [0.4, 0.5) is 0 Å². The third kappa shape index (κ3) is 1.91. The normalized spacial score (nSPS) is 18.0. The van der Waals surface area contributed by atoms with E-state index in [2.05, 4.69) is 0 Å². The molecule has 2 N–H and O–H groups in total. The van der Waals surface area contributed by atoms with Crippen molar-refractivity contribution in [2.75, 3.05) is 14.1 Å². The molecule has 1 aromatic carbocycles. The molecule has 1 aromatic rings. The van der Waals surface area contributed by atoms with Crippen LogP contribution in [0.1, 0.15) is 5.56 Å². The Morgan fingerprint density at radius 1 is 1.22 bits per heavy atom. The van der Waals surface area contributed by atoms with Crippen LogP contribution in [-0.4, -0.2) is 45.1 Å². The lowest BCUT2D eigenvalue weighted by atomic mass is 10.1. The fraction of sp³-hybridized carbons (Fsp3) is 0.167. The van der Waals surface area contributed by atoms with Crippen LogP contribution in [0.15, 0.2) is 23.9 Å². The van der Waals surface area contributed by atoms with Crippen LogP contribution >= 0.6 is 12.2 Å². The maximum atomic E-state index is 11.9. The molecule has 1 fully saturated rings. The van der Waals surface area contributed by atoms with Crippen LogP contribution in [0, 0.1) is 0 Å². The first kappa shape index (κ1) is 12.4. The molecule has 5 nitrogen and oxygen atoms in total. The van der Waals surface area contributed by atoms with E-state index in [9.17, 15) is 15.0 Å². The van der Waals surface area contributed by atoms with E-state index in [0.29, 0.717) is 16.4 Å². The molecule has 94 valence electrons. The fourth-order valence-electron chi connectivity index (χ4n) is 1.69. The molecule has 0 aliphatic carbocycles. The number of carbonyl (C=O) groups excluding carboxylic acids is 1. The molecule has 1 amide bonds. The van der Waals surface area contributed by atoms with Gasteiger partial charge in [0.1, 0.15) is 17.2 Å². The summed E-state index contributed by atoms with van der Waals surface area (Å²) in [5, 5.41) is 19.4. The second-order valence-electron chi connectivity index (χ2n) is 3.98. The number of thiocarbonyl (C=S) groups is 1. The van der Waals surface area contributed by atoms with Crippen molar-refractivity contribution in [2.24, 2.45) is 0 Å². The molecule has 1 saturated heterocycles. The summed E-state index contributed by atoms with van der Waals surface area (Å²) < 4.78 is 0. The van der Waals surface area contributed by atoms with Crippen LogP contribution in [0.3, 0.4) is 0 Å². The maximum Gasteiger partial charge on any atom is 0.276 e. The van der Waals surface area contributed by atoms with Crippen molar-refractivity contribution in [3.8, 4) is 11.5 Å². The van der Waals surface area contributed by atoms with Gasteiger partial charge in [-0.1, -0.05) is 0 Å². The van der Waals surface area contributed by atoms with Gasteiger partial charge in [0.2, 0.25) is 0 Å². The minimum atomic E-state index is -0.245. The topological polar surface area (TPSA) is 64.0 Å². The number of rotatable bonds is 1. The number of benzene rings is 1. The summed E-state index contributed by atoms with van der Waals surface area (Å²) in [5.41, 5.74) is 0.715. The molecular weight excluding hydrogens is 252 g/mol. The van der Waals surface area contributed by atoms with Crippen LogP contribution in [-0.2, 0) is 4.79 Å². The van der Waals surface area contributed by atoms with Crippen LogP contribution in [0.5, 0.6) is 11.5 Å². The van der Waals surface area contributed by atoms with E-state index in [1.54, 1.807) is 19.0 Å². The number of nitrogens with zero attached hydrogens (tertiary/aromatic N) is 2. The van der Waals surface area contributed by atoms with Gasteiger partial charge in [-0.2, -0.15) is 0 Å². The van der Waals surface area contributed by atoms with Crippen LogP contribution in [0.2, 0.25) is 0 Å². The molecular formula is C12H12N2O3S. The predicted molar refractivity (Wildman–Crippen MR) is 70.9 cm³/mol. The Labute approximate surface area is 110 Å². The molecule has 1 heterocycles. The van der Waals surface area contributed by atoms with Gasteiger partial charge in [0.15, 0.2) is 5.11 Å². The standard InChI is InChI=1S/C12H12N2O3S/c1-13-9(11(17)14(2)12(13)18)6-7-5-8(15)3-4-10(7)16/h3-6,15-16H,1-2H3/b9-6-. The second-order valence-corrected chi connectivity index (χ2v) is 4.34. The van der Waals surface area contributed by atoms with E-state index in [1.807, 2.05) is 0 Å². The van der Waals surface area contributed by atoms with Gasteiger partial charge in [0, 0.05) is 19.7 Å². The Balaban J connectivity index is 2.48. The van der Waals surface area contributed by atoms with E-state index in [-0.39, 0.29) is 17.4 Å². The first-order chi connectivity index (χ1) is 8.41. The predicted octanol–water partition coefficient (Wildman–Crippen LogP) is 1.13. The first-order valence-corrected chi connectivity index (χ1v) is 5.62. The number of carbonyl (C=O) groups is 1. The molecule has 1 aliphatic heterocycles. The maximum absolute atomic E-state index is 11.9. The highest BCUT2D eigenvalue weighted by Gasteiger charge is 2.32. The Morgan fingerprint density at radius 3 is 2.44 bits per heavy atom. The lowest BCUT2D eigenvalue weighted by Crippen LogP contribution is -2.26. The molecule has 0 unspecified atom stereocenters. The summed E-state index contributed by atoms with van der Waals surface area (Å²) in [7, 11) is 3.26. The fourth-order valence-corrected chi connectivity index (χ4v) is 1.87. The number of hydrogen-bond donors (Lipinski definition) is 2. The number of likely N-dealkylation sites (N-methyl/N-ethyl adjacent to an activating group) is 2. The highest BCUT2D eigenvalue weighted by Crippen LogP contribution is 2.27. The Morgan fingerprint density at radius 2 is 1.89 bits per heavy atom. The van der Waals surface area contributed by atoms with Crippen molar-refractivity contribution < 1.29 is 15.0 Å². The van der Waals surface area contributed by atoms with Gasteiger partial charge >= 0.3 is 0 Å². The average molecular weight is 264 g/mol. The Kier molecular flexibility index (Phi) is 2.96. The van der Waals surface area contributed by atoms with Gasteiger partial charge < -0.3 is 15.1 Å². The van der Waals surface area contributed by atoms with Crippen molar-refractivity contribution in [3.05, 3.63) is 29.5 Å². The molecule has 18 heavy (non-hydrogen) atoms. The van der Waals surface area contributed by atoms with E-state index in [1.165, 1.54) is 29.2 Å². The third-order valence-electron chi connectivity index (χ3n) is 2.76. The molecule has 6 heteroatoms. The minimum Gasteiger partial charge on any atom is -0.508 e. The summed E-state index contributed by atoms with van der Waals surface area (Å²) in [6.07, 6.45) is 1.49. The van der Waals surface area contributed by atoms with Crippen molar-refractivity contribution in [3.63, 3.8) is 0 Å². The van der Waals surface area contributed by atoms with Gasteiger partial charge in [-0.15, -0.1) is 0 Å². The lowest BCUT2D eigenvalue weighted by Gasteiger charge is -2.11. The van der Waals surface area contributed by atoms with Gasteiger partial charge in [-0.25, -0.2) is 0 Å². The lowest BCUT2D eigenvalue weighted by molar-refractivity contribution is -0.121. The molecule has 1 aliphatic rings. The van der Waals surface area contributed by atoms with Gasteiger partial charge in [-0.3, -0.25) is 9.69 Å². The Bertz CT molecular complexity index is 568. The van der Waals surface area contributed by atoms with Crippen molar-refractivity contribution in [2.45, 2.75) is 0 Å². The molecule has 0 spiro atoms. The highest BCUT2D eigenvalue weighted by atomic mass is 32.1. The largest absolute Gasteiger partial charge is 0.508 e. The summed E-state index contributed by atoms with van der Waals surface area (Å²) >= 11 is 5.07. The van der Waals surface area contributed by atoms with Gasteiger partial charge in [0.05, 0.1) is 0 Å². The van der Waals surface area contributed by atoms with Crippen molar-refractivity contribution in [1.29, 1.82) is 0 Å². The number of aromatic hydroxyl groups is 2. The Hall–Kier alpha value is -2.08.